The number of hydrogen-bond donors (Lipinski definition) is 0. The molecular formula is C35H31NO7. The topological polar surface area (TPSA) is 91.4 Å². The minimum absolute atomic E-state index is 0.185. The van der Waals surface area contributed by atoms with Gasteiger partial charge in [0.05, 0.1) is 39.0 Å². The summed E-state index contributed by atoms with van der Waals surface area (Å²) in [5.41, 5.74) is 3.72. The molecule has 4 aromatic rings. The largest absolute Gasteiger partial charge is 0.493 e. The fourth-order valence-electron chi connectivity index (χ4n) is 4.90. The first-order valence-corrected chi connectivity index (χ1v) is 13.6. The minimum Gasteiger partial charge on any atom is -0.493 e. The summed E-state index contributed by atoms with van der Waals surface area (Å²) in [6, 6.07) is 26.8. The van der Waals surface area contributed by atoms with Crippen LogP contribution in [0.1, 0.15) is 32.6 Å². The Balaban J connectivity index is 1.44. The summed E-state index contributed by atoms with van der Waals surface area (Å²) in [5.74, 6) is 0.176. The number of carbonyl (C=O) groups is 3. The number of rotatable bonds is 11. The van der Waals surface area contributed by atoms with Gasteiger partial charge in [0.2, 0.25) is 0 Å². The van der Waals surface area contributed by atoms with Crippen LogP contribution in [0.4, 0.5) is 0 Å². The number of Topliss-reactive ketones (excluding diaryl/α,β-unsaturated/α-hetero) is 1. The molecule has 0 spiro atoms. The fourth-order valence-corrected chi connectivity index (χ4v) is 4.90. The van der Waals surface area contributed by atoms with Crippen LogP contribution in [-0.4, -0.2) is 50.4 Å². The first-order chi connectivity index (χ1) is 20.8. The molecule has 218 valence electrons. The molecule has 0 aliphatic carbocycles. The van der Waals surface area contributed by atoms with Crippen LogP contribution in [0.15, 0.2) is 91.0 Å². The third-order valence-electron chi connectivity index (χ3n) is 7.20. The SMILES string of the molecule is COc1ccc(C2=C(c3ccc(C)cc3)C(=O)N(CC(=O)c3ccc(OCc4ccccc4)c(OC)c3)C2=O)cc1OC. The Kier molecular flexibility index (Phi) is 8.57. The van der Waals surface area contributed by atoms with Gasteiger partial charge in [0.15, 0.2) is 28.8 Å². The third kappa shape index (κ3) is 5.99. The maximum atomic E-state index is 13.9. The molecular weight excluding hydrogens is 546 g/mol. The van der Waals surface area contributed by atoms with Gasteiger partial charge in [-0.05, 0) is 53.9 Å². The van der Waals surface area contributed by atoms with E-state index in [-0.39, 0.29) is 16.7 Å². The van der Waals surface area contributed by atoms with Gasteiger partial charge < -0.3 is 18.9 Å². The molecule has 1 heterocycles. The minimum atomic E-state index is -0.573. The van der Waals surface area contributed by atoms with Crippen LogP contribution in [0, 0.1) is 6.92 Å². The van der Waals surface area contributed by atoms with Gasteiger partial charge in [-0.1, -0.05) is 66.2 Å². The number of methoxy groups -OCH3 is 3. The van der Waals surface area contributed by atoms with Crippen molar-refractivity contribution in [2.75, 3.05) is 27.9 Å². The third-order valence-corrected chi connectivity index (χ3v) is 7.20. The molecule has 2 amide bonds. The van der Waals surface area contributed by atoms with Crippen molar-refractivity contribution in [2.45, 2.75) is 13.5 Å². The van der Waals surface area contributed by atoms with Gasteiger partial charge in [-0.25, -0.2) is 0 Å². The predicted octanol–water partition coefficient (Wildman–Crippen LogP) is 5.76. The maximum absolute atomic E-state index is 13.9. The highest BCUT2D eigenvalue weighted by atomic mass is 16.5. The molecule has 0 saturated heterocycles. The van der Waals surface area contributed by atoms with Gasteiger partial charge in [0.25, 0.3) is 11.8 Å². The average molecular weight is 578 g/mol. The van der Waals surface area contributed by atoms with Gasteiger partial charge in [-0.15, -0.1) is 0 Å². The molecule has 43 heavy (non-hydrogen) atoms. The Hall–Kier alpha value is -5.37. The summed E-state index contributed by atoms with van der Waals surface area (Å²) < 4.78 is 22.2. The number of nitrogens with zero attached hydrogens (tertiary/aromatic N) is 1. The normalized spacial score (nSPS) is 12.9. The quantitative estimate of drug-likeness (QED) is 0.165. The fraction of sp³-hybridized carbons (Fsp3) is 0.171. The number of aryl methyl sites for hydroxylation is 1. The van der Waals surface area contributed by atoms with E-state index in [0.717, 1.165) is 16.0 Å². The molecule has 0 radical (unpaired) electrons. The lowest BCUT2D eigenvalue weighted by Gasteiger charge is -2.16. The first-order valence-electron chi connectivity index (χ1n) is 13.6. The standard InChI is InChI=1S/C35H31NO7/c1-22-10-12-24(13-11-22)32-33(26-15-16-28(40-2)30(19-26)41-3)35(39)36(34(32)38)20-27(37)25-14-17-29(31(18-25)42-4)43-21-23-8-6-5-7-9-23/h5-19H,20-21H2,1-4H3. The zero-order valence-electron chi connectivity index (χ0n) is 24.4. The van der Waals surface area contributed by atoms with Crippen LogP contribution < -0.4 is 18.9 Å². The number of ketones is 1. The van der Waals surface area contributed by atoms with Crippen molar-refractivity contribution in [3.8, 4) is 23.0 Å². The van der Waals surface area contributed by atoms with Crippen molar-refractivity contribution in [3.63, 3.8) is 0 Å². The molecule has 4 aromatic carbocycles. The summed E-state index contributed by atoms with van der Waals surface area (Å²) in [4.78, 5) is 42.1. The van der Waals surface area contributed by atoms with E-state index in [1.165, 1.54) is 21.3 Å². The van der Waals surface area contributed by atoms with Crippen molar-refractivity contribution in [1.82, 2.24) is 4.90 Å². The molecule has 1 aliphatic heterocycles. The highest BCUT2D eigenvalue weighted by Crippen LogP contribution is 2.39. The van der Waals surface area contributed by atoms with Gasteiger partial charge in [-0.2, -0.15) is 0 Å². The van der Waals surface area contributed by atoms with E-state index in [4.69, 9.17) is 18.9 Å². The summed E-state index contributed by atoms with van der Waals surface area (Å²) in [7, 11) is 4.50. The van der Waals surface area contributed by atoms with Crippen molar-refractivity contribution in [3.05, 3.63) is 119 Å². The predicted molar refractivity (Wildman–Crippen MR) is 162 cm³/mol. The number of benzene rings is 4. The molecule has 0 saturated carbocycles. The van der Waals surface area contributed by atoms with Crippen molar-refractivity contribution in [2.24, 2.45) is 0 Å². The van der Waals surface area contributed by atoms with E-state index in [0.29, 0.717) is 40.7 Å². The first kappa shape index (κ1) is 29.1. The molecule has 8 heteroatoms. The molecule has 5 rings (SSSR count). The molecule has 0 aromatic heterocycles. The highest BCUT2D eigenvalue weighted by molar-refractivity contribution is 6.49. The smallest absolute Gasteiger partial charge is 0.262 e. The zero-order chi connectivity index (χ0) is 30.5. The molecule has 0 bridgehead atoms. The molecule has 0 atom stereocenters. The Morgan fingerprint density at radius 2 is 1.23 bits per heavy atom. The van der Waals surface area contributed by atoms with Gasteiger partial charge >= 0.3 is 0 Å². The molecule has 0 fully saturated rings. The van der Waals surface area contributed by atoms with Crippen LogP contribution in [0.2, 0.25) is 0 Å². The van der Waals surface area contributed by atoms with Crippen LogP contribution in [0.5, 0.6) is 23.0 Å². The monoisotopic (exact) mass is 577 g/mol. The lowest BCUT2D eigenvalue weighted by molar-refractivity contribution is -0.135. The van der Waals surface area contributed by atoms with Crippen LogP contribution in [-0.2, 0) is 16.2 Å². The van der Waals surface area contributed by atoms with Gasteiger partial charge in [0.1, 0.15) is 6.61 Å². The number of imide groups is 1. The lowest BCUT2D eigenvalue weighted by Crippen LogP contribution is -2.36. The second-order valence-electron chi connectivity index (χ2n) is 9.95. The second kappa shape index (κ2) is 12.7. The van der Waals surface area contributed by atoms with E-state index in [1.807, 2.05) is 49.4 Å². The molecule has 0 unspecified atom stereocenters. The van der Waals surface area contributed by atoms with Crippen LogP contribution in [0.25, 0.3) is 11.1 Å². The van der Waals surface area contributed by atoms with Crippen molar-refractivity contribution < 1.29 is 33.3 Å². The molecule has 0 N–H and O–H groups in total. The molecule has 8 nitrogen and oxygen atoms in total. The Labute approximate surface area is 250 Å². The summed E-state index contributed by atoms with van der Waals surface area (Å²) in [6.45, 7) is 1.82. The highest BCUT2D eigenvalue weighted by Gasteiger charge is 2.40. The Bertz CT molecular complexity index is 1710. The molecule has 1 aliphatic rings. The number of carbonyl (C=O) groups excluding carboxylic acids is 3. The van der Waals surface area contributed by atoms with E-state index in [1.54, 1.807) is 48.5 Å². The Morgan fingerprint density at radius 1 is 0.651 bits per heavy atom. The average Bonchev–Trinajstić information content (AvgIpc) is 3.28. The number of hydrogen-bond acceptors (Lipinski definition) is 7. The second-order valence-corrected chi connectivity index (χ2v) is 9.95. The van der Waals surface area contributed by atoms with E-state index < -0.39 is 24.1 Å². The van der Waals surface area contributed by atoms with Crippen LogP contribution in [0.3, 0.4) is 0 Å². The Morgan fingerprint density at radius 3 is 1.88 bits per heavy atom. The van der Waals surface area contributed by atoms with E-state index in [2.05, 4.69) is 0 Å². The summed E-state index contributed by atoms with van der Waals surface area (Å²) in [5, 5.41) is 0. The number of amides is 2. The summed E-state index contributed by atoms with van der Waals surface area (Å²) in [6.07, 6.45) is 0. The number of ether oxygens (including phenoxy) is 4. The van der Waals surface area contributed by atoms with E-state index >= 15 is 0 Å². The van der Waals surface area contributed by atoms with E-state index in [9.17, 15) is 14.4 Å². The zero-order valence-corrected chi connectivity index (χ0v) is 24.4. The lowest BCUT2D eigenvalue weighted by atomic mass is 9.95. The van der Waals surface area contributed by atoms with Crippen molar-refractivity contribution >= 4 is 28.7 Å². The van der Waals surface area contributed by atoms with Gasteiger partial charge in [0, 0.05) is 5.56 Å². The van der Waals surface area contributed by atoms with Crippen LogP contribution >= 0.6 is 0 Å². The summed E-state index contributed by atoms with van der Waals surface area (Å²) >= 11 is 0. The van der Waals surface area contributed by atoms with Gasteiger partial charge in [-0.3, -0.25) is 19.3 Å². The maximum Gasteiger partial charge on any atom is 0.262 e. The van der Waals surface area contributed by atoms with Crippen molar-refractivity contribution in [1.29, 1.82) is 0 Å².